The fraction of sp³-hybridized carbons (Fsp3) is 0.643. The van der Waals surface area contributed by atoms with Crippen LogP contribution in [-0.4, -0.2) is 12.1 Å². The minimum atomic E-state index is 0.102. The van der Waals surface area contributed by atoms with E-state index in [1.54, 1.807) is 13.3 Å². The molecule has 0 amide bonds. The van der Waals surface area contributed by atoms with Crippen molar-refractivity contribution in [2.24, 2.45) is 17.6 Å². The first-order chi connectivity index (χ1) is 8.20. The molecule has 0 aliphatic heterocycles. The smallest absolute Gasteiger partial charge is 0.137 e. The second-order valence-electron chi connectivity index (χ2n) is 5.20. The van der Waals surface area contributed by atoms with E-state index in [0.29, 0.717) is 5.92 Å². The van der Waals surface area contributed by atoms with Crippen LogP contribution >= 0.6 is 0 Å². The summed E-state index contributed by atoms with van der Waals surface area (Å²) in [5.74, 6) is 2.25. The molecule has 0 spiro atoms. The number of aromatic nitrogens is 1. The largest absolute Gasteiger partial charge is 0.495 e. The van der Waals surface area contributed by atoms with Crippen LogP contribution in [0.2, 0.25) is 0 Å². The van der Waals surface area contributed by atoms with Gasteiger partial charge in [-0.05, 0) is 36.3 Å². The number of hydrogen-bond donors (Lipinski definition) is 1. The molecule has 1 aromatic rings. The summed E-state index contributed by atoms with van der Waals surface area (Å²) in [4.78, 5) is 4.18. The number of methoxy groups -OCH3 is 1. The van der Waals surface area contributed by atoms with Gasteiger partial charge in [0.15, 0.2) is 0 Å². The van der Waals surface area contributed by atoms with Gasteiger partial charge in [0.2, 0.25) is 0 Å². The lowest BCUT2D eigenvalue weighted by Crippen LogP contribution is -2.25. The molecule has 17 heavy (non-hydrogen) atoms. The zero-order chi connectivity index (χ0) is 12.3. The standard InChI is InChI=1S/C14H22N2O/c1-10-3-5-11(6-4-10)14(15)12-7-13(17-2)9-16-8-12/h7-11,14H,3-6,15H2,1-2H3. The predicted octanol–water partition coefficient (Wildman–Crippen LogP) is 2.92. The maximum atomic E-state index is 6.34. The van der Waals surface area contributed by atoms with Crippen molar-refractivity contribution in [2.75, 3.05) is 7.11 Å². The second kappa shape index (κ2) is 5.50. The average molecular weight is 234 g/mol. The number of pyridine rings is 1. The van der Waals surface area contributed by atoms with E-state index in [-0.39, 0.29) is 6.04 Å². The predicted molar refractivity (Wildman–Crippen MR) is 68.8 cm³/mol. The summed E-state index contributed by atoms with van der Waals surface area (Å²) in [6, 6.07) is 2.11. The number of ether oxygens (including phenoxy) is 1. The van der Waals surface area contributed by atoms with Crippen LogP contribution in [0.25, 0.3) is 0 Å². The van der Waals surface area contributed by atoms with Gasteiger partial charge < -0.3 is 10.5 Å². The monoisotopic (exact) mass is 234 g/mol. The van der Waals surface area contributed by atoms with Gasteiger partial charge in [0, 0.05) is 12.2 Å². The lowest BCUT2D eigenvalue weighted by Gasteiger charge is -2.30. The Balaban J connectivity index is 2.05. The molecule has 2 N–H and O–H groups in total. The molecule has 1 fully saturated rings. The van der Waals surface area contributed by atoms with Gasteiger partial charge in [-0.3, -0.25) is 4.98 Å². The summed E-state index contributed by atoms with van der Waals surface area (Å²) in [6.07, 6.45) is 8.66. The Kier molecular flexibility index (Phi) is 4.00. The zero-order valence-corrected chi connectivity index (χ0v) is 10.7. The third-order valence-electron chi connectivity index (χ3n) is 3.92. The summed E-state index contributed by atoms with van der Waals surface area (Å²) >= 11 is 0. The lowest BCUT2D eigenvalue weighted by molar-refractivity contribution is 0.255. The number of rotatable bonds is 3. The Morgan fingerprint density at radius 2 is 2.00 bits per heavy atom. The van der Waals surface area contributed by atoms with E-state index in [1.165, 1.54) is 25.7 Å². The van der Waals surface area contributed by atoms with Crippen LogP contribution in [0, 0.1) is 11.8 Å². The Morgan fingerprint density at radius 3 is 2.65 bits per heavy atom. The van der Waals surface area contributed by atoms with E-state index in [9.17, 15) is 0 Å². The highest BCUT2D eigenvalue weighted by atomic mass is 16.5. The fourth-order valence-electron chi connectivity index (χ4n) is 2.65. The molecule has 0 aromatic carbocycles. The molecule has 1 heterocycles. The molecular formula is C14H22N2O. The lowest BCUT2D eigenvalue weighted by atomic mass is 9.78. The van der Waals surface area contributed by atoms with Crippen LogP contribution in [0.1, 0.15) is 44.2 Å². The minimum absolute atomic E-state index is 0.102. The Bertz CT molecular complexity index is 359. The summed E-state index contributed by atoms with van der Waals surface area (Å²) < 4.78 is 5.19. The van der Waals surface area contributed by atoms with Gasteiger partial charge in [-0.15, -0.1) is 0 Å². The van der Waals surface area contributed by atoms with Crippen LogP contribution in [0.15, 0.2) is 18.5 Å². The molecule has 1 saturated carbocycles. The van der Waals surface area contributed by atoms with Crippen LogP contribution in [0.3, 0.4) is 0 Å². The van der Waals surface area contributed by atoms with Gasteiger partial charge in [-0.2, -0.15) is 0 Å². The molecule has 1 atom stereocenters. The Morgan fingerprint density at radius 1 is 1.29 bits per heavy atom. The van der Waals surface area contributed by atoms with Crippen molar-refractivity contribution in [3.63, 3.8) is 0 Å². The van der Waals surface area contributed by atoms with Crippen molar-refractivity contribution in [1.29, 1.82) is 0 Å². The molecule has 1 aliphatic carbocycles. The van der Waals surface area contributed by atoms with Crippen molar-refractivity contribution >= 4 is 0 Å². The van der Waals surface area contributed by atoms with Gasteiger partial charge >= 0.3 is 0 Å². The normalized spacial score (nSPS) is 26.5. The summed E-state index contributed by atoms with van der Waals surface area (Å²) in [5, 5.41) is 0. The van der Waals surface area contributed by atoms with E-state index < -0.39 is 0 Å². The molecule has 3 heteroatoms. The molecule has 0 bridgehead atoms. The number of nitrogens with zero attached hydrogens (tertiary/aromatic N) is 1. The van der Waals surface area contributed by atoms with Crippen molar-refractivity contribution in [2.45, 2.75) is 38.6 Å². The molecule has 3 nitrogen and oxygen atoms in total. The Labute approximate surface area is 103 Å². The van der Waals surface area contributed by atoms with E-state index in [4.69, 9.17) is 10.5 Å². The third kappa shape index (κ3) is 2.97. The quantitative estimate of drug-likeness (QED) is 0.874. The van der Waals surface area contributed by atoms with Crippen molar-refractivity contribution < 1.29 is 4.74 Å². The molecule has 1 aromatic heterocycles. The molecule has 1 aliphatic rings. The highest BCUT2D eigenvalue weighted by Gasteiger charge is 2.24. The van der Waals surface area contributed by atoms with Crippen molar-refractivity contribution in [1.82, 2.24) is 4.98 Å². The summed E-state index contributed by atoms with van der Waals surface area (Å²) in [5.41, 5.74) is 7.44. The van der Waals surface area contributed by atoms with Crippen molar-refractivity contribution in [3.8, 4) is 5.75 Å². The number of hydrogen-bond acceptors (Lipinski definition) is 3. The Hall–Kier alpha value is -1.09. The van der Waals surface area contributed by atoms with Crippen LogP contribution in [0.5, 0.6) is 5.75 Å². The SMILES string of the molecule is COc1cncc(C(N)C2CCC(C)CC2)c1. The minimum Gasteiger partial charge on any atom is -0.495 e. The van der Waals surface area contributed by atoms with Crippen molar-refractivity contribution in [3.05, 3.63) is 24.0 Å². The average Bonchev–Trinajstić information content (AvgIpc) is 2.39. The molecule has 1 unspecified atom stereocenters. The van der Waals surface area contributed by atoms with E-state index in [1.807, 2.05) is 12.3 Å². The first-order valence-corrected chi connectivity index (χ1v) is 6.45. The highest BCUT2D eigenvalue weighted by molar-refractivity contribution is 5.26. The summed E-state index contributed by atoms with van der Waals surface area (Å²) in [7, 11) is 1.66. The summed E-state index contributed by atoms with van der Waals surface area (Å²) in [6.45, 7) is 2.33. The van der Waals surface area contributed by atoms with Crippen LogP contribution in [0.4, 0.5) is 0 Å². The molecule has 2 rings (SSSR count). The van der Waals surface area contributed by atoms with E-state index in [0.717, 1.165) is 17.2 Å². The van der Waals surface area contributed by atoms with Crippen LogP contribution in [-0.2, 0) is 0 Å². The number of nitrogens with two attached hydrogens (primary N) is 1. The zero-order valence-electron chi connectivity index (χ0n) is 10.7. The second-order valence-corrected chi connectivity index (χ2v) is 5.20. The van der Waals surface area contributed by atoms with Gasteiger partial charge in [0.25, 0.3) is 0 Å². The molecule has 0 radical (unpaired) electrons. The van der Waals surface area contributed by atoms with Gasteiger partial charge in [0.05, 0.1) is 13.3 Å². The van der Waals surface area contributed by atoms with Gasteiger partial charge in [0.1, 0.15) is 5.75 Å². The van der Waals surface area contributed by atoms with E-state index >= 15 is 0 Å². The molecule has 0 saturated heterocycles. The first-order valence-electron chi connectivity index (χ1n) is 6.45. The molecular weight excluding hydrogens is 212 g/mol. The maximum Gasteiger partial charge on any atom is 0.137 e. The first kappa shape index (κ1) is 12.4. The molecule has 94 valence electrons. The van der Waals surface area contributed by atoms with Gasteiger partial charge in [-0.1, -0.05) is 19.8 Å². The topological polar surface area (TPSA) is 48.1 Å². The highest BCUT2D eigenvalue weighted by Crippen LogP contribution is 2.35. The maximum absolute atomic E-state index is 6.34. The van der Waals surface area contributed by atoms with Crippen LogP contribution < -0.4 is 10.5 Å². The third-order valence-corrected chi connectivity index (χ3v) is 3.92. The van der Waals surface area contributed by atoms with Gasteiger partial charge in [-0.25, -0.2) is 0 Å². The van der Waals surface area contributed by atoms with E-state index in [2.05, 4.69) is 11.9 Å². The fourth-order valence-corrected chi connectivity index (χ4v) is 2.65.